The van der Waals surface area contributed by atoms with E-state index in [1.807, 2.05) is 19.3 Å². The van der Waals surface area contributed by atoms with Crippen LogP contribution in [-0.2, 0) is 30.0 Å². The molecular weight excluding hydrogens is 367 g/mol. The predicted octanol–water partition coefficient (Wildman–Crippen LogP) is 2.74. The molecule has 0 bridgehead atoms. The van der Waals surface area contributed by atoms with E-state index in [4.69, 9.17) is 0 Å². The van der Waals surface area contributed by atoms with Gasteiger partial charge in [-0.05, 0) is 29.8 Å². The minimum absolute atomic E-state index is 0.0633. The molecule has 1 aliphatic heterocycles. The lowest BCUT2D eigenvalue weighted by molar-refractivity contribution is 0.263. The van der Waals surface area contributed by atoms with E-state index in [9.17, 15) is 12.8 Å². The predicted molar refractivity (Wildman–Crippen MR) is 98.3 cm³/mol. The van der Waals surface area contributed by atoms with Gasteiger partial charge in [0.1, 0.15) is 4.90 Å². The summed E-state index contributed by atoms with van der Waals surface area (Å²) < 4.78 is 42.2. The number of nitrogens with zero attached hydrogens (tertiary/aromatic N) is 4. The van der Waals surface area contributed by atoms with Crippen LogP contribution in [0.5, 0.6) is 0 Å². The molecule has 27 heavy (non-hydrogen) atoms. The topological polar surface area (TPSA) is 67.6 Å². The van der Waals surface area contributed by atoms with Gasteiger partial charge in [0.05, 0.1) is 29.9 Å². The number of fused-ring (bicyclic) bond motifs is 1. The number of sulfone groups is 1. The first-order chi connectivity index (χ1) is 12.9. The molecule has 138 valence electrons. The largest absolute Gasteiger partial charge is 0.287 e. The number of hydrogen-bond acceptors (Lipinski definition) is 5. The fourth-order valence-corrected chi connectivity index (χ4v) is 4.40. The van der Waals surface area contributed by atoms with Crippen LogP contribution in [0.25, 0.3) is 0 Å². The van der Waals surface area contributed by atoms with Crippen molar-refractivity contribution in [2.75, 3.05) is 0 Å². The van der Waals surface area contributed by atoms with Gasteiger partial charge in [-0.3, -0.25) is 9.69 Å². The summed E-state index contributed by atoms with van der Waals surface area (Å²) in [5, 5.41) is 10.3. The highest BCUT2D eigenvalue weighted by Gasteiger charge is 2.26. The molecule has 0 saturated carbocycles. The molecule has 4 rings (SSSR count). The summed E-state index contributed by atoms with van der Waals surface area (Å²) in [6, 6.07) is 12.7. The smallest absolute Gasteiger partial charge is 0.209 e. The first-order valence-electron chi connectivity index (χ1n) is 8.34. The molecule has 6 nitrogen and oxygen atoms in total. The van der Waals surface area contributed by atoms with Crippen molar-refractivity contribution in [3.8, 4) is 0 Å². The quantitative estimate of drug-likeness (QED) is 0.694. The minimum Gasteiger partial charge on any atom is -0.287 e. The lowest BCUT2D eigenvalue weighted by Crippen LogP contribution is -2.23. The molecule has 0 amide bonds. The van der Waals surface area contributed by atoms with E-state index in [0.717, 1.165) is 5.69 Å². The van der Waals surface area contributed by atoms with Crippen LogP contribution in [0.3, 0.4) is 0 Å². The summed E-state index contributed by atoms with van der Waals surface area (Å²) in [7, 11) is -2.09. The fourth-order valence-electron chi connectivity index (χ4n) is 3.03. The number of aryl methyl sites for hydroxylation is 1. The highest BCUT2D eigenvalue weighted by atomic mass is 32.2. The van der Waals surface area contributed by atoms with Gasteiger partial charge >= 0.3 is 0 Å². The van der Waals surface area contributed by atoms with Crippen LogP contribution in [-0.4, -0.2) is 29.4 Å². The molecule has 2 heterocycles. The Hall–Kier alpha value is -3.00. The summed E-state index contributed by atoms with van der Waals surface area (Å²) in [5.41, 5.74) is 1.75. The summed E-state index contributed by atoms with van der Waals surface area (Å²) in [5.74, 6) is -0.766. The summed E-state index contributed by atoms with van der Waals surface area (Å²) in [6.07, 6.45) is 3.22. The van der Waals surface area contributed by atoms with Crippen LogP contribution in [0.1, 0.15) is 16.8 Å². The maximum absolute atomic E-state index is 15.0. The van der Waals surface area contributed by atoms with Gasteiger partial charge in [0.15, 0.2) is 5.82 Å². The van der Waals surface area contributed by atoms with Crippen LogP contribution in [0.2, 0.25) is 0 Å². The third kappa shape index (κ3) is 3.23. The van der Waals surface area contributed by atoms with Crippen molar-refractivity contribution >= 4 is 16.1 Å². The molecule has 0 atom stereocenters. The first-order valence-corrected chi connectivity index (χ1v) is 9.82. The lowest BCUT2D eigenvalue weighted by Gasteiger charge is -2.24. The van der Waals surface area contributed by atoms with Crippen molar-refractivity contribution in [3.05, 3.63) is 77.4 Å². The van der Waals surface area contributed by atoms with Crippen molar-refractivity contribution < 1.29 is 12.8 Å². The zero-order chi connectivity index (χ0) is 19.0. The normalized spacial score (nSPS) is 13.6. The third-order valence-electron chi connectivity index (χ3n) is 4.39. The van der Waals surface area contributed by atoms with E-state index >= 15 is 0 Å². The molecule has 0 saturated heterocycles. The SMILES string of the molecule is Cn1ccc(CN2Cc3ccc(S(=O)(=O)c4ccccc4)c(F)c3C=N2)n1. The van der Waals surface area contributed by atoms with E-state index in [0.29, 0.717) is 18.7 Å². The van der Waals surface area contributed by atoms with Crippen molar-refractivity contribution in [1.82, 2.24) is 14.8 Å². The summed E-state index contributed by atoms with van der Waals surface area (Å²) >= 11 is 0. The first kappa shape index (κ1) is 17.4. The van der Waals surface area contributed by atoms with Gasteiger partial charge in [-0.25, -0.2) is 12.8 Å². The van der Waals surface area contributed by atoms with E-state index in [2.05, 4.69) is 10.2 Å². The third-order valence-corrected chi connectivity index (χ3v) is 6.18. The molecule has 0 spiro atoms. The van der Waals surface area contributed by atoms with E-state index in [-0.39, 0.29) is 15.4 Å². The van der Waals surface area contributed by atoms with E-state index in [1.165, 1.54) is 24.4 Å². The van der Waals surface area contributed by atoms with Crippen molar-refractivity contribution in [2.24, 2.45) is 12.1 Å². The van der Waals surface area contributed by atoms with Gasteiger partial charge in [-0.15, -0.1) is 0 Å². The van der Waals surface area contributed by atoms with Gasteiger partial charge in [0.2, 0.25) is 9.84 Å². The lowest BCUT2D eigenvalue weighted by atomic mass is 10.1. The number of aromatic nitrogens is 2. The highest BCUT2D eigenvalue weighted by Crippen LogP contribution is 2.28. The van der Waals surface area contributed by atoms with Crippen LogP contribution in [0.4, 0.5) is 4.39 Å². The molecular formula is C19H17FN4O2S. The molecule has 0 fully saturated rings. The maximum Gasteiger partial charge on any atom is 0.209 e. The van der Waals surface area contributed by atoms with Gasteiger partial charge < -0.3 is 0 Å². The van der Waals surface area contributed by atoms with Gasteiger partial charge in [-0.2, -0.15) is 10.2 Å². The molecule has 2 aromatic carbocycles. The Bertz CT molecular complexity index is 1120. The van der Waals surface area contributed by atoms with Gasteiger partial charge in [0.25, 0.3) is 0 Å². The molecule has 0 aliphatic carbocycles. The summed E-state index contributed by atoms with van der Waals surface area (Å²) in [6.45, 7) is 0.869. The molecule has 0 radical (unpaired) electrons. The highest BCUT2D eigenvalue weighted by molar-refractivity contribution is 7.91. The van der Waals surface area contributed by atoms with E-state index < -0.39 is 15.7 Å². The van der Waals surface area contributed by atoms with Crippen molar-refractivity contribution in [3.63, 3.8) is 0 Å². The molecule has 3 aromatic rings. The standard InChI is InChI=1S/C19H17FN4O2S/c1-23-10-9-15(22-23)13-24-12-14-7-8-18(19(20)17(14)11-21-24)27(25,26)16-5-3-2-4-6-16/h2-11H,12-13H2,1H3. The second-order valence-corrected chi connectivity index (χ2v) is 8.23. The number of rotatable bonds is 4. The average Bonchev–Trinajstić information content (AvgIpc) is 3.07. The number of hydrazone groups is 1. The fraction of sp³-hybridized carbons (Fsp3) is 0.158. The number of benzene rings is 2. The van der Waals surface area contributed by atoms with Gasteiger partial charge in [0, 0.05) is 18.8 Å². The Morgan fingerprint density at radius 1 is 1.11 bits per heavy atom. The van der Waals surface area contributed by atoms with Gasteiger partial charge in [-0.1, -0.05) is 24.3 Å². The maximum atomic E-state index is 15.0. The Labute approximate surface area is 156 Å². The van der Waals surface area contributed by atoms with Crippen LogP contribution in [0.15, 0.2) is 69.6 Å². The number of hydrogen-bond donors (Lipinski definition) is 0. The second kappa shape index (κ2) is 6.62. The van der Waals surface area contributed by atoms with Crippen molar-refractivity contribution in [2.45, 2.75) is 22.9 Å². The minimum atomic E-state index is -3.93. The average molecular weight is 384 g/mol. The number of halogens is 1. The Kier molecular flexibility index (Phi) is 4.27. The van der Waals surface area contributed by atoms with Crippen LogP contribution in [0, 0.1) is 5.82 Å². The van der Waals surface area contributed by atoms with E-state index in [1.54, 1.807) is 34.0 Å². The zero-order valence-electron chi connectivity index (χ0n) is 14.6. The second-order valence-electron chi connectivity index (χ2n) is 6.31. The zero-order valence-corrected chi connectivity index (χ0v) is 15.4. The Morgan fingerprint density at radius 3 is 2.59 bits per heavy atom. The Balaban J connectivity index is 1.65. The molecule has 0 unspecified atom stereocenters. The van der Waals surface area contributed by atoms with Crippen LogP contribution < -0.4 is 0 Å². The molecule has 8 heteroatoms. The molecule has 1 aliphatic rings. The Morgan fingerprint density at radius 2 is 1.89 bits per heavy atom. The summed E-state index contributed by atoms with van der Waals surface area (Å²) in [4.78, 5) is -0.273. The molecule has 0 N–H and O–H groups in total. The molecule has 1 aromatic heterocycles. The van der Waals surface area contributed by atoms with Crippen molar-refractivity contribution in [1.29, 1.82) is 0 Å². The van der Waals surface area contributed by atoms with Crippen LogP contribution >= 0.6 is 0 Å². The monoisotopic (exact) mass is 384 g/mol.